The number of carbonyl (C=O) groups excluding carboxylic acids is 1. The molecule has 0 unspecified atom stereocenters. The minimum Gasteiger partial charge on any atom is -0.481 e. The van der Waals surface area contributed by atoms with Crippen LogP contribution in [-0.4, -0.2) is 36.2 Å². The molecule has 1 aliphatic carbocycles. The van der Waals surface area contributed by atoms with Crippen LogP contribution in [0.1, 0.15) is 12.8 Å². The second-order valence-electron chi connectivity index (χ2n) is 4.24. The normalized spacial score (nSPS) is 29.5. The van der Waals surface area contributed by atoms with Gasteiger partial charge in [-0.2, -0.15) is 0 Å². The molecular weight excluding hydrogens is 210 g/mol. The maximum Gasteiger partial charge on any atom is 0.307 e. The zero-order valence-corrected chi connectivity index (χ0v) is 8.89. The molecule has 2 atom stereocenters. The first-order valence-electron chi connectivity index (χ1n) is 5.44. The van der Waals surface area contributed by atoms with Gasteiger partial charge < -0.3 is 15.2 Å². The molecule has 0 saturated carbocycles. The van der Waals surface area contributed by atoms with Gasteiger partial charge in [0.25, 0.3) is 0 Å². The van der Waals surface area contributed by atoms with Crippen LogP contribution in [0, 0.1) is 11.8 Å². The summed E-state index contributed by atoms with van der Waals surface area (Å²) in [7, 11) is 0. The van der Waals surface area contributed by atoms with Gasteiger partial charge in [0, 0.05) is 0 Å². The molecule has 2 N–H and O–H groups in total. The van der Waals surface area contributed by atoms with Gasteiger partial charge >= 0.3 is 5.97 Å². The van der Waals surface area contributed by atoms with Gasteiger partial charge in [-0.1, -0.05) is 12.2 Å². The average Bonchev–Trinajstić information content (AvgIpc) is 2.23. The SMILES string of the molecule is O=C(O)[C@H]1CC=CC[C@H]1C(=O)NC1COC1. The zero-order chi connectivity index (χ0) is 11.5. The summed E-state index contributed by atoms with van der Waals surface area (Å²) in [5.41, 5.74) is 0. The Morgan fingerprint density at radius 2 is 1.81 bits per heavy atom. The van der Waals surface area contributed by atoms with E-state index in [2.05, 4.69) is 5.32 Å². The molecule has 1 heterocycles. The molecule has 1 amide bonds. The Balaban J connectivity index is 1.96. The number of hydrogen-bond acceptors (Lipinski definition) is 3. The molecule has 0 spiro atoms. The minimum absolute atomic E-state index is 0.0628. The van der Waals surface area contributed by atoms with Crippen LogP contribution in [0.3, 0.4) is 0 Å². The number of aliphatic carboxylic acids is 1. The van der Waals surface area contributed by atoms with Crippen molar-refractivity contribution < 1.29 is 19.4 Å². The Hall–Kier alpha value is -1.36. The molecule has 1 saturated heterocycles. The van der Waals surface area contributed by atoms with E-state index >= 15 is 0 Å². The Morgan fingerprint density at radius 3 is 2.31 bits per heavy atom. The summed E-state index contributed by atoms with van der Waals surface area (Å²) in [6.45, 7) is 1.07. The molecule has 0 aromatic rings. The highest BCUT2D eigenvalue weighted by Crippen LogP contribution is 2.26. The van der Waals surface area contributed by atoms with Crippen molar-refractivity contribution >= 4 is 11.9 Å². The van der Waals surface area contributed by atoms with Gasteiger partial charge in [0.05, 0.1) is 31.1 Å². The van der Waals surface area contributed by atoms with Crippen LogP contribution < -0.4 is 5.32 Å². The highest BCUT2D eigenvalue weighted by Gasteiger charge is 2.35. The van der Waals surface area contributed by atoms with Crippen LogP contribution in [0.15, 0.2) is 12.2 Å². The Bertz CT molecular complexity index is 322. The summed E-state index contributed by atoms with van der Waals surface area (Å²) >= 11 is 0. The highest BCUT2D eigenvalue weighted by molar-refractivity contribution is 5.85. The van der Waals surface area contributed by atoms with Crippen LogP contribution in [0.4, 0.5) is 0 Å². The molecule has 0 bridgehead atoms. The van der Waals surface area contributed by atoms with E-state index in [1.165, 1.54) is 0 Å². The van der Waals surface area contributed by atoms with Gasteiger partial charge in [0.15, 0.2) is 0 Å². The monoisotopic (exact) mass is 225 g/mol. The van der Waals surface area contributed by atoms with Crippen molar-refractivity contribution in [2.75, 3.05) is 13.2 Å². The standard InChI is InChI=1S/C11H15NO4/c13-10(12-7-5-16-6-7)8-3-1-2-4-9(8)11(14)15/h1-2,7-9H,3-6H2,(H,12,13)(H,14,15)/t8-,9+/m1/s1. The molecule has 1 fully saturated rings. The topological polar surface area (TPSA) is 75.6 Å². The van der Waals surface area contributed by atoms with Crippen molar-refractivity contribution in [1.82, 2.24) is 5.32 Å². The molecule has 2 aliphatic rings. The summed E-state index contributed by atoms with van der Waals surface area (Å²) in [4.78, 5) is 22.9. The lowest BCUT2D eigenvalue weighted by molar-refractivity contribution is -0.148. The first-order valence-corrected chi connectivity index (χ1v) is 5.44. The fraction of sp³-hybridized carbons (Fsp3) is 0.636. The lowest BCUT2D eigenvalue weighted by Crippen LogP contribution is -2.51. The van der Waals surface area contributed by atoms with Crippen molar-refractivity contribution in [3.8, 4) is 0 Å². The average molecular weight is 225 g/mol. The van der Waals surface area contributed by atoms with Gasteiger partial charge in [0.2, 0.25) is 5.91 Å². The van der Waals surface area contributed by atoms with Crippen molar-refractivity contribution in [3.63, 3.8) is 0 Å². The summed E-state index contributed by atoms with van der Waals surface area (Å²) in [6, 6.07) is 0.0628. The Kier molecular flexibility index (Phi) is 3.24. The van der Waals surface area contributed by atoms with E-state index in [0.717, 1.165) is 0 Å². The molecule has 0 radical (unpaired) electrons. The van der Waals surface area contributed by atoms with Crippen LogP contribution in [-0.2, 0) is 14.3 Å². The first kappa shape index (κ1) is 11.1. The van der Waals surface area contributed by atoms with Crippen molar-refractivity contribution in [1.29, 1.82) is 0 Å². The van der Waals surface area contributed by atoms with Crippen molar-refractivity contribution in [2.45, 2.75) is 18.9 Å². The summed E-state index contributed by atoms with van der Waals surface area (Å²) < 4.78 is 4.95. The number of carboxylic acid groups (broad SMARTS) is 1. The lowest BCUT2D eigenvalue weighted by atomic mass is 9.82. The summed E-state index contributed by atoms with van der Waals surface area (Å²) in [5, 5.41) is 11.8. The van der Waals surface area contributed by atoms with Gasteiger partial charge in [0.1, 0.15) is 0 Å². The number of ether oxygens (including phenoxy) is 1. The van der Waals surface area contributed by atoms with Gasteiger partial charge in [-0.25, -0.2) is 0 Å². The van der Waals surface area contributed by atoms with Gasteiger partial charge in [-0.3, -0.25) is 9.59 Å². The predicted octanol–water partition coefficient (Wildman–Crippen LogP) is 0.168. The predicted molar refractivity (Wildman–Crippen MR) is 55.7 cm³/mol. The Labute approximate surface area is 93.5 Å². The third-order valence-electron chi connectivity index (χ3n) is 3.07. The van der Waals surface area contributed by atoms with E-state index in [0.29, 0.717) is 26.1 Å². The first-order chi connectivity index (χ1) is 7.68. The number of allylic oxidation sites excluding steroid dienone is 2. The zero-order valence-electron chi connectivity index (χ0n) is 8.89. The smallest absolute Gasteiger partial charge is 0.307 e. The largest absolute Gasteiger partial charge is 0.481 e. The minimum atomic E-state index is -0.894. The fourth-order valence-electron chi connectivity index (χ4n) is 2.00. The van der Waals surface area contributed by atoms with Gasteiger partial charge in [-0.15, -0.1) is 0 Å². The van der Waals surface area contributed by atoms with Crippen LogP contribution in [0.2, 0.25) is 0 Å². The quantitative estimate of drug-likeness (QED) is 0.671. The molecule has 1 aliphatic heterocycles. The van der Waals surface area contributed by atoms with Crippen LogP contribution in [0.25, 0.3) is 0 Å². The van der Waals surface area contributed by atoms with E-state index < -0.39 is 17.8 Å². The van der Waals surface area contributed by atoms with Gasteiger partial charge in [-0.05, 0) is 12.8 Å². The number of hydrogen-bond donors (Lipinski definition) is 2. The molecule has 88 valence electrons. The molecule has 2 rings (SSSR count). The molecule has 5 heteroatoms. The van der Waals surface area contributed by atoms with E-state index in [1.54, 1.807) is 0 Å². The fourth-order valence-corrected chi connectivity index (χ4v) is 2.00. The molecule has 0 aromatic carbocycles. The molecule has 0 aromatic heterocycles. The number of nitrogens with one attached hydrogen (secondary N) is 1. The van der Waals surface area contributed by atoms with E-state index in [4.69, 9.17) is 9.84 Å². The summed E-state index contributed by atoms with van der Waals surface area (Å²) in [6.07, 6.45) is 4.65. The van der Waals surface area contributed by atoms with Crippen molar-refractivity contribution in [2.24, 2.45) is 11.8 Å². The second kappa shape index (κ2) is 4.65. The Morgan fingerprint density at radius 1 is 1.19 bits per heavy atom. The van der Waals surface area contributed by atoms with E-state index in [-0.39, 0.29) is 11.9 Å². The van der Waals surface area contributed by atoms with Crippen molar-refractivity contribution in [3.05, 3.63) is 12.2 Å². The summed E-state index contributed by atoms with van der Waals surface area (Å²) in [5.74, 6) is -2.09. The molecular formula is C11H15NO4. The third-order valence-corrected chi connectivity index (χ3v) is 3.07. The maximum absolute atomic E-state index is 11.9. The number of carboxylic acids is 1. The number of carbonyl (C=O) groups is 2. The highest BCUT2D eigenvalue weighted by atomic mass is 16.5. The second-order valence-corrected chi connectivity index (χ2v) is 4.24. The molecule has 5 nitrogen and oxygen atoms in total. The van der Waals surface area contributed by atoms with E-state index in [9.17, 15) is 9.59 Å². The number of rotatable bonds is 3. The lowest BCUT2D eigenvalue weighted by Gasteiger charge is -2.31. The number of amides is 1. The third kappa shape index (κ3) is 2.24. The molecule has 16 heavy (non-hydrogen) atoms. The maximum atomic E-state index is 11.9. The van der Waals surface area contributed by atoms with Crippen LogP contribution in [0.5, 0.6) is 0 Å². The van der Waals surface area contributed by atoms with Crippen LogP contribution >= 0.6 is 0 Å². The van der Waals surface area contributed by atoms with E-state index in [1.807, 2.05) is 12.2 Å².